The molecule has 1 saturated heterocycles. The summed E-state index contributed by atoms with van der Waals surface area (Å²) in [5.41, 5.74) is 1.47. The van der Waals surface area contributed by atoms with Gasteiger partial charge in [0.2, 0.25) is 0 Å². The second kappa shape index (κ2) is 10.9. The van der Waals surface area contributed by atoms with Crippen molar-refractivity contribution in [3.63, 3.8) is 0 Å². The lowest BCUT2D eigenvalue weighted by Gasteiger charge is -2.27. The van der Waals surface area contributed by atoms with Gasteiger partial charge in [0.1, 0.15) is 5.75 Å². The third-order valence-corrected chi connectivity index (χ3v) is 6.72. The smallest absolute Gasteiger partial charge is 0.308 e. The van der Waals surface area contributed by atoms with E-state index in [1.807, 2.05) is 26.0 Å². The number of rotatable bonds is 11. The molecule has 3 rings (SSSR count). The van der Waals surface area contributed by atoms with Crippen LogP contribution in [0.3, 0.4) is 0 Å². The standard InChI is InChI=1S/C23H32N2O6S/c1-4-24(5-2)19-12-11-18(22(15-19)31-32(27,28)6-3)16-25(17-20-9-7-13-29-20)23(26)21-10-8-14-30-21/h8,10-12,14-15,20H,4-7,9,13,16-17H2,1-3H3/t20-/m0/s1. The summed E-state index contributed by atoms with van der Waals surface area (Å²) in [5, 5.41) is 0. The van der Waals surface area contributed by atoms with Crippen LogP contribution in [0.5, 0.6) is 5.75 Å². The third kappa shape index (κ3) is 6.04. The molecule has 0 spiro atoms. The van der Waals surface area contributed by atoms with Gasteiger partial charge in [-0.2, -0.15) is 8.42 Å². The predicted octanol–water partition coefficient (Wildman–Crippen LogP) is 3.68. The molecule has 176 valence electrons. The van der Waals surface area contributed by atoms with Crippen molar-refractivity contribution < 1.29 is 26.5 Å². The van der Waals surface area contributed by atoms with E-state index in [0.717, 1.165) is 31.6 Å². The van der Waals surface area contributed by atoms with Gasteiger partial charge in [-0.15, -0.1) is 0 Å². The van der Waals surface area contributed by atoms with Crippen molar-refractivity contribution in [2.45, 2.75) is 46.3 Å². The zero-order chi connectivity index (χ0) is 23.1. The second-order valence-electron chi connectivity index (χ2n) is 7.69. The first kappa shape index (κ1) is 24.1. The molecule has 0 bridgehead atoms. The molecule has 2 aromatic rings. The maximum absolute atomic E-state index is 13.1. The normalized spacial score (nSPS) is 16.2. The summed E-state index contributed by atoms with van der Waals surface area (Å²) >= 11 is 0. The average molecular weight is 465 g/mol. The van der Waals surface area contributed by atoms with E-state index in [-0.39, 0.29) is 35.8 Å². The fraction of sp³-hybridized carbons (Fsp3) is 0.522. The van der Waals surface area contributed by atoms with Gasteiger partial charge in [-0.25, -0.2) is 0 Å². The summed E-state index contributed by atoms with van der Waals surface area (Å²) in [6.07, 6.45) is 3.22. The largest absolute Gasteiger partial charge is 0.459 e. The molecule has 9 heteroatoms. The molecular formula is C23H32N2O6S. The minimum absolute atomic E-state index is 0.0624. The third-order valence-electron chi connectivity index (χ3n) is 5.58. The Kier molecular flexibility index (Phi) is 8.20. The van der Waals surface area contributed by atoms with E-state index in [2.05, 4.69) is 4.90 Å². The van der Waals surface area contributed by atoms with Crippen molar-refractivity contribution in [2.75, 3.05) is 36.9 Å². The molecule has 1 aliphatic heterocycles. The zero-order valence-corrected chi connectivity index (χ0v) is 19.8. The van der Waals surface area contributed by atoms with E-state index >= 15 is 0 Å². The van der Waals surface area contributed by atoms with Gasteiger partial charge < -0.3 is 23.1 Å². The van der Waals surface area contributed by atoms with E-state index in [1.165, 1.54) is 13.2 Å². The van der Waals surface area contributed by atoms with Crippen molar-refractivity contribution >= 4 is 21.7 Å². The fourth-order valence-corrected chi connectivity index (χ4v) is 4.29. The highest BCUT2D eigenvalue weighted by Crippen LogP contribution is 2.29. The van der Waals surface area contributed by atoms with Gasteiger partial charge in [-0.1, -0.05) is 6.07 Å². The molecule has 32 heavy (non-hydrogen) atoms. The van der Waals surface area contributed by atoms with Crippen LogP contribution in [-0.4, -0.2) is 57.3 Å². The highest BCUT2D eigenvalue weighted by Gasteiger charge is 2.27. The lowest BCUT2D eigenvalue weighted by atomic mass is 10.1. The van der Waals surface area contributed by atoms with Gasteiger partial charge in [0.15, 0.2) is 5.76 Å². The van der Waals surface area contributed by atoms with Crippen LogP contribution in [-0.2, 0) is 21.4 Å². The Morgan fingerprint density at radius 1 is 1.19 bits per heavy atom. The highest BCUT2D eigenvalue weighted by molar-refractivity contribution is 7.87. The predicted molar refractivity (Wildman–Crippen MR) is 123 cm³/mol. The number of carbonyl (C=O) groups excluding carboxylic acids is 1. The van der Waals surface area contributed by atoms with Crippen molar-refractivity contribution in [3.05, 3.63) is 47.9 Å². The van der Waals surface area contributed by atoms with Crippen molar-refractivity contribution in [1.82, 2.24) is 4.90 Å². The average Bonchev–Trinajstić information content (AvgIpc) is 3.49. The van der Waals surface area contributed by atoms with Crippen molar-refractivity contribution in [2.24, 2.45) is 0 Å². The maximum atomic E-state index is 13.1. The summed E-state index contributed by atoms with van der Waals surface area (Å²) in [5.74, 6) is 0.0437. The first-order chi connectivity index (χ1) is 15.4. The van der Waals surface area contributed by atoms with Gasteiger partial charge in [0.25, 0.3) is 5.91 Å². The quantitative estimate of drug-likeness (QED) is 0.469. The number of nitrogens with zero attached hydrogens (tertiary/aromatic N) is 2. The summed E-state index contributed by atoms with van der Waals surface area (Å²) < 4.78 is 41.1. The number of benzene rings is 1. The molecule has 1 aromatic carbocycles. The number of furan rings is 1. The summed E-state index contributed by atoms with van der Waals surface area (Å²) in [7, 11) is -3.74. The molecule has 1 atom stereocenters. The molecule has 0 saturated carbocycles. The van der Waals surface area contributed by atoms with Gasteiger partial charge in [-0.3, -0.25) is 4.79 Å². The van der Waals surface area contributed by atoms with Crippen LogP contribution in [0.15, 0.2) is 41.0 Å². The monoisotopic (exact) mass is 464 g/mol. The fourth-order valence-electron chi connectivity index (χ4n) is 3.75. The molecule has 1 fully saturated rings. The zero-order valence-electron chi connectivity index (χ0n) is 19.0. The molecule has 8 nitrogen and oxygen atoms in total. The van der Waals surface area contributed by atoms with Crippen molar-refractivity contribution in [1.29, 1.82) is 0 Å². The molecule has 0 aliphatic carbocycles. The van der Waals surface area contributed by atoms with Crippen molar-refractivity contribution in [3.8, 4) is 5.75 Å². The van der Waals surface area contributed by atoms with Crippen LogP contribution in [0.2, 0.25) is 0 Å². The van der Waals surface area contributed by atoms with Gasteiger partial charge in [-0.05, 0) is 51.8 Å². The Morgan fingerprint density at radius 2 is 1.97 bits per heavy atom. The number of hydrogen-bond donors (Lipinski definition) is 0. The van der Waals surface area contributed by atoms with Crippen LogP contribution in [0.4, 0.5) is 5.69 Å². The molecule has 0 N–H and O–H groups in total. The SMILES string of the molecule is CCN(CC)c1ccc(CN(C[C@@H]2CCCO2)C(=O)c2ccco2)c(OS(=O)(=O)CC)c1. The van der Waals surface area contributed by atoms with Crippen LogP contribution in [0.1, 0.15) is 49.7 Å². The second-order valence-corrected chi connectivity index (χ2v) is 9.55. The van der Waals surface area contributed by atoms with Crippen LogP contribution in [0, 0.1) is 0 Å². The van der Waals surface area contributed by atoms with E-state index in [9.17, 15) is 13.2 Å². The lowest BCUT2D eigenvalue weighted by Crippen LogP contribution is -2.37. The Morgan fingerprint density at radius 3 is 2.56 bits per heavy atom. The van der Waals surface area contributed by atoms with E-state index < -0.39 is 10.1 Å². The summed E-state index contributed by atoms with van der Waals surface area (Å²) in [6, 6.07) is 8.77. The van der Waals surface area contributed by atoms with Crippen LogP contribution >= 0.6 is 0 Å². The van der Waals surface area contributed by atoms with E-state index in [1.54, 1.807) is 23.1 Å². The Bertz CT molecular complexity index is 980. The molecule has 1 aliphatic rings. The molecule has 0 unspecified atom stereocenters. The van der Waals surface area contributed by atoms with E-state index in [0.29, 0.717) is 18.7 Å². The topological polar surface area (TPSA) is 89.3 Å². The molecular weight excluding hydrogens is 432 g/mol. The number of carbonyl (C=O) groups is 1. The number of ether oxygens (including phenoxy) is 1. The first-order valence-corrected chi connectivity index (χ1v) is 12.7. The molecule has 1 aromatic heterocycles. The van der Waals surface area contributed by atoms with Crippen LogP contribution in [0.25, 0.3) is 0 Å². The highest BCUT2D eigenvalue weighted by atomic mass is 32.2. The minimum Gasteiger partial charge on any atom is -0.459 e. The van der Waals surface area contributed by atoms with Crippen LogP contribution < -0.4 is 9.08 Å². The van der Waals surface area contributed by atoms with Gasteiger partial charge in [0, 0.05) is 50.1 Å². The Labute approximate surface area is 190 Å². The molecule has 0 radical (unpaired) electrons. The number of hydrogen-bond acceptors (Lipinski definition) is 7. The number of anilines is 1. The maximum Gasteiger partial charge on any atom is 0.308 e. The van der Waals surface area contributed by atoms with E-state index in [4.69, 9.17) is 13.3 Å². The van der Waals surface area contributed by atoms with Gasteiger partial charge >= 0.3 is 10.1 Å². The minimum atomic E-state index is -3.74. The summed E-state index contributed by atoms with van der Waals surface area (Å²) in [4.78, 5) is 16.9. The Balaban J connectivity index is 1.94. The summed E-state index contributed by atoms with van der Waals surface area (Å²) in [6.45, 7) is 8.39. The van der Waals surface area contributed by atoms with Gasteiger partial charge in [0.05, 0.1) is 18.1 Å². The molecule has 1 amide bonds. The first-order valence-electron chi connectivity index (χ1n) is 11.1. The molecule has 2 heterocycles. The lowest BCUT2D eigenvalue weighted by molar-refractivity contribution is 0.0483. The number of amides is 1. The Hall–Kier alpha value is -2.52.